The van der Waals surface area contributed by atoms with Crippen LogP contribution in [-0.4, -0.2) is 34.2 Å². The Kier molecular flexibility index (Phi) is 5.40. The van der Waals surface area contributed by atoms with Gasteiger partial charge in [0.25, 0.3) is 0 Å². The first-order chi connectivity index (χ1) is 13.9. The normalized spacial score (nSPS) is 21.4. The molecule has 1 aromatic heterocycles. The number of halogens is 2. The first-order valence-electron chi connectivity index (χ1n) is 9.50. The molecule has 1 N–H and O–H groups in total. The number of aromatic nitrogens is 1. The number of likely N-dealkylation sites (tertiary alicyclic amines) is 1. The Morgan fingerprint density at radius 3 is 2.55 bits per heavy atom. The number of nitrogens with one attached hydrogen (secondary N) is 1. The summed E-state index contributed by atoms with van der Waals surface area (Å²) in [5.41, 5.74) is 0.230. The van der Waals surface area contributed by atoms with Gasteiger partial charge in [0.2, 0.25) is 17.7 Å². The summed E-state index contributed by atoms with van der Waals surface area (Å²) in [6.45, 7) is 0.0350. The molecular formula is C20H19F2N3O3S. The number of benzene rings is 1. The van der Waals surface area contributed by atoms with Gasteiger partial charge in [-0.3, -0.25) is 19.3 Å². The van der Waals surface area contributed by atoms with Crippen molar-refractivity contribution in [2.45, 2.75) is 32.1 Å². The minimum atomic E-state index is -0.609. The Balaban J connectivity index is 1.36. The van der Waals surface area contributed by atoms with E-state index in [1.165, 1.54) is 10.3 Å². The summed E-state index contributed by atoms with van der Waals surface area (Å²) >= 11 is 1.08. The van der Waals surface area contributed by atoms with Crippen LogP contribution in [0.2, 0.25) is 0 Å². The molecular weight excluding hydrogens is 400 g/mol. The lowest BCUT2D eigenvalue weighted by atomic mass is 9.81. The number of thiazole rings is 1. The third-order valence-corrected chi connectivity index (χ3v) is 6.21. The van der Waals surface area contributed by atoms with Crippen LogP contribution in [0.5, 0.6) is 0 Å². The molecule has 1 saturated heterocycles. The van der Waals surface area contributed by atoms with Gasteiger partial charge in [0.15, 0.2) is 5.13 Å². The predicted octanol–water partition coefficient (Wildman–Crippen LogP) is 3.59. The number of hydrogen-bond donors (Lipinski definition) is 1. The van der Waals surface area contributed by atoms with Crippen LogP contribution in [0.15, 0.2) is 23.6 Å². The van der Waals surface area contributed by atoms with Crippen LogP contribution in [-0.2, 0) is 14.4 Å². The molecule has 6 nitrogen and oxygen atoms in total. The average molecular weight is 419 g/mol. The number of carbonyl (C=O) groups excluding carboxylic acids is 3. The summed E-state index contributed by atoms with van der Waals surface area (Å²) in [5.74, 6) is -2.41. The van der Waals surface area contributed by atoms with Crippen molar-refractivity contribution < 1.29 is 23.2 Å². The van der Waals surface area contributed by atoms with Crippen LogP contribution < -0.4 is 5.32 Å². The SMILES string of the molecule is O=C(CCN1C(=O)[C@@H]2CCCC[C@H]2C1=O)Nc1nc(-c2cc(F)ccc2F)cs1. The third kappa shape index (κ3) is 3.91. The number of rotatable bonds is 5. The minimum absolute atomic E-state index is 0.0117. The van der Waals surface area contributed by atoms with Crippen molar-refractivity contribution in [1.29, 1.82) is 0 Å². The molecule has 2 fully saturated rings. The highest BCUT2D eigenvalue weighted by molar-refractivity contribution is 7.14. The lowest BCUT2D eigenvalue weighted by Gasteiger charge is -2.19. The number of hydrogen-bond acceptors (Lipinski definition) is 5. The van der Waals surface area contributed by atoms with E-state index in [-0.39, 0.29) is 53.0 Å². The molecule has 29 heavy (non-hydrogen) atoms. The van der Waals surface area contributed by atoms with Crippen LogP contribution in [0.4, 0.5) is 13.9 Å². The lowest BCUT2D eigenvalue weighted by molar-refractivity contribution is -0.140. The van der Waals surface area contributed by atoms with Gasteiger partial charge in [-0.05, 0) is 31.0 Å². The number of fused-ring (bicyclic) bond motifs is 1. The summed E-state index contributed by atoms with van der Waals surface area (Å²) < 4.78 is 27.2. The zero-order valence-electron chi connectivity index (χ0n) is 15.5. The Hall–Kier alpha value is -2.68. The quantitative estimate of drug-likeness (QED) is 0.752. The van der Waals surface area contributed by atoms with Gasteiger partial charge in [0.05, 0.1) is 17.5 Å². The largest absolute Gasteiger partial charge is 0.302 e. The van der Waals surface area contributed by atoms with Crippen LogP contribution in [0, 0.1) is 23.5 Å². The van der Waals surface area contributed by atoms with Crippen LogP contribution in [0.25, 0.3) is 11.3 Å². The van der Waals surface area contributed by atoms with Gasteiger partial charge >= 0.3 is 0 Å². The molecule has 1 saturated carbocycles. The molecule has 152 valence electrons. The molecule has 2 atom stereocenters. The maximum Gasteiger partial charge on any atom is 0.233 e. The Morgan fingerprint density at radius 2 is 1.86 bits per heavy atom. The maximum atomic E-state index is 13.9. The van der Waals surface area contributed by atoms with Crippen LogP contribution >= 0.6 is 11.3 Å². The van der Waals surface area contributed by atoms with E-state index < -0.39 is 17.5 Å². The van der Waals surface area contributed by atoms with E-state index in [1.54, 1.807) is 0 Å². The molecule has 2 aromatic rings. The molecule has 1 aliphatic carbocycles. The van der Waals surface area contributed by atoms with E-state index >= 15 is 0 Å². The van der Waals surface area contributed by atoms with Gasteiger partial charge in [0.1, 0.15) is 11.6 Å². The zero-order chi connectivity index (χ0) is 20.5. The van der Waals surface area contributed by atoms with E-state index in [2.05, 4.69) is 10.3 Å². The van der Waals surface area contributed by atoms with Gasteiger partial charge in [-0.15, -0.1) is 11.3 Å². The fourth-order valence-corrected chi connectivity index (χ4v) is 4.72. The van der Waals surface area contributed by atoms with E-state index in [9.17, 15) is 23.2 Å². The molecule has 3 amide bonds. The second kappa shape index (κ2) is 7.98. The predicted molar refractivity (Wildman–Crippen MR) is 103 cm³/mol. The van der Waals surface area contributed by atoms with Crippen molar-refractivity contribution in [3.8, 4) is 11.3 Å². The highest BCUT2D eigenvalue weighted by Crippen LogP contribution is 2.38. The molecule has 0 unspecified atom stereocenters. The molecule has 9 heteroatoms. The topological polar surface area (TPSA) is 79.4 Å². The molecule has 1 aliphatic heterocycles. The van der Waals surface area contributed by atoms with E-state index in [1.807, 2.05) is 0 Å². The summed E-state index contributed by atoms with van der Waals surface area (Å²) in [7, 11) is 0. The van der Waals surface area contributed by atoms with Gasteiger partial charge in [0, 0.05) is 23.9 Å². The molecule has 4 rings (SSSR count). The molecule has 0 radical (unpaired) electrons. The summed E-state index contributed by atoms with van der Waals surface area (Å²) in [6, 6.07) is 3.08. The smallest absolute Gasteiger partial charge is 0.233 e. The average Bonchev–Trinajstić information content (AvgIpc) is 3.26. The third-order valence-electron chi connectivity index (χ3n) is 5.45. The summed E-state index contributed by atoms with van der Waals surface area (Å²) in [5, 5.41) is 4.34. The highest BCUT2D eigenvalue weighted by atomic mass is 32.1. The number of nitrogens with zero attached hydrogens (tertiary/aromatic N) is 2. The second-order valence-corrected chi connectivity index (χ2v) is 8.14. The Morgan fingerprint density at radius 1 is 1.17 bits per heavy atom. The van der Waals surface area contributed by atoms with Crippen LogP contribution in [0.3, 0.4) is 0 Å². The number of carbonyl (C=O) groups is 3. The van der Waals surface area contributed by atoms with E-state index in [0.717, 1.165) is 55.2 Å². The van der Waals surface area contributed by atoms with E-state index in [0.29, 0.717) is 0 Å². The Labute approximate surface area is 169 Å². The molecule has 2 aliphatic rings. The van der Waals surface area contributed by atoms with E-state index in [4.69, 9.17) is 0 Å². The summed E-state index contributed by atoms with van der Waals surface area (Å²) in [6.07, 6.45) is 3.33. The Bertz CT molecular complexity index is 954. The number of amides is 3. The lowest BCUT2D eigenvalue weighted by Crippen LogP contribution is -2.34. The van der Waals surface area contributed by atoms with Crippen molar-refractivity contribution in [3.63, 3.8) is 0 Å². The monoisotopic (exact) mass is 419 g/mol. The molecule has 0 bridgehead atoms. The maximum absolute atomic E-state index is 13.9. The first-order valence-corrected chi connectivity index (χ1v) is 10.4. The van der Waals surface area contributed by atoms with Gasteiger partial charge < -0.3 is 5.32 Å². The van der Waals surface area contributed by atoms with Crippen molar-refractivity contribution in [1.82, 2.24) is 9.88 Å². The second-order valence-electron chi connectivity index (χ2n) is 7.29. The van der Waals surface area contributed by atoms with Crippen molar-refractivity contribution in [2.24, 2.45) is 11.8 Å². The van der Waals surface area contributed by atoms with Crippen molar-refractivity contribution in [3.05, 3.63) is 35.2 Å². The fraction of sp³-hybridized carbons (Fsp3) is 0.400. The molecule has 0 spiro atoms. The standard InChI is InChI=1S/C20H19F2N3O3S/c21-11-5-6-15(22)14(9-11)16-10-29-20(23-16)24-17(26)7-8-25-18(27)12-3-1-2-4-13(12)19(25)28/h5-6,9-10,12-13H,1-4,7-8H2,(H,23,24,26)/t12-,13-/m1/s1. The van der Waals surface area contributed by atoms with Crippen molar-refractivity contribution >= 4 is 34.2 Å². The number of imide groups is 1. The zero-order valence-corrected chi connectivity index (χ0v) is 16.3. The molecule has 1 aromatic carbocycles. The van der Waals surface area contributed by atoms with Gasteiger partial charge in [-0.1, -0.05) is 12.8 Å². The molecule has 2 heterocycles. The van der Waals surface area contributed by atoms with Crippen molar-refractivity contribution in [2.75, 3.05) is 11.9 Å². The van der Waals surface area contributed by atoms with Gasteiger partial charge in [-0.2, -0.15) is 0 Å². The van der Waals surface area contributed by atoms with Crippen LogP contribution in [0.1, 0.15) is 32.1 Å². The number of anilines is 1. The van der Waals surface area contributed by atoms with Gasteiger partial charge in [-0.25, -0.2) is 13.8 Å². The highest BCUT2D eigenvalue weighted by Gasteiger charge is 2.47. The minimum Gasteiger partial charge on any atom is -0.302 e. The summed E-state index contributed by atoms with van der Waals surface area (Å²) in [4.78, 5) is 42.4. The first kappa shape index (κ1) is 19.6. The fourth-order valence-electron chi connectivity index (χ4n) is 4.00.